The molecule has 0 aromatic heterocycles. The van der Waals surface area contributed by atoms with Gasteiger partial charge in [0.1, 0.15) is 0 Å². The van der Waals surface area contributed by atoms with Gasteiger partial charge in [-0.3, -0.25) is 4.99 Å². The number of hydrogen-bond acceptors (Lipinski definition) is 1. The van der Waals surface area contributed by atoms with E-state index in [9.17, 15) is 0 Å². The smallest absolute Gasteiger partial charge is 0.191 e. The Morgan fingerprint density at radius 2 is 2.00 bits per heavy atom. The Labute approximate surface area is 131 Å². The van der Waals surface area contributed by atoms with Gasteiger partial charge in [0.15, 0.2) is 5.96 Å². The number of rotatable bonds is 5. The summed E-state index contributed by atoms with van der Waals surface area (Å²) in [5.41, 5.74) is 7.07. The monoisotopic (exact) mass is 381 g/mol. The number of nitrogens with two attached hydrogens (primary N) is 1. The molecular weight excluding hydrogens is 361 g/mol. The quantitative estimate of drug-likeness (QED) is 0.483. The summed E-state index contributed by atoms with van der Waals surface area (Å²) in [5, 5.41) is 0.767. The van der Waals surface area contributed by atoms with Crippen LogP contribution in [-0.2, 0) is 6.42 Å². The van der Waals surface area contributed by atoms with E-state index in [4.69, 9.17) is 17.3 Å². The molecule has 0 heterocycles. The van der Waals surface area contributed by atoms with Crippen LogP contribution in [0.4, 0.5) is 0 Å². The maximum Gasteiger partial charge on any atom is 0.191 e. The van der Waals surface area contributed by atoms with E-state index in [2.05, 4.69) is 24.9 Å². The molecule has 0 saturated heterocycles. The van der Waals surface area contributed by atoms with Crippen LogP contribution in [-0.4, -0.2) is 30.5 Å². The highest BCUT2D eigenvalue weighted by Gasteiger charge is 2.01. The predicted molar refractivity (Wildman–Crippen MR) is 90.0 cm³/mol. The van der Waals surface area contributed by atoms with Crippen molar-refractivity contribution >= 4 is 41.5 Å². The Bertz CT molecular complexity index is 378. The number of hydrogen-bond donors (Lipinski definition) is 1. The van der Waals surface area contributed by atoms with Crippen molar-refractivity contribution in [2.24, 2.45) is 10.7 Å². The van der Waals surface area contributed by atoms with Gasteiger partial charge in [0.05, 0.1) is 0 Å². The molecule has 0 amide bonds. The highest BCUT2D eigenvalue weighted by Crippen LogP contribution is 2.10. The lowest BCUT2D eigenvalue weighted by atomic mass is 10.1. The number of aliphatic imine (C=N–C) groups is 1. The molecule has 1 aromatic rings. The normalized spacial score (nSPS) is 10.9. The van der Waals surface area contributed by atoms with Crippen molar-refractivity contribution in [1.82, 2.24) is 4.90 Å². The molecule has 0 aliphatic rings. The van der Waals surface area contributed by atoms with Crippen LogP contribution < -0.4 is 5.73 Å². The summed E-state index contributed by atoms with van der Waals surface area (Å²) in [6.45, 7) is 6.63. The summed E-state index contributed by atoms with van der Waals surface area (Å²) in [5.74, 6) is 0.622. The zero-order valence-electron chi connectivity index (χ0n) is 10.9. The van der Waals surface area contributed by atoms with E-state index < -0.39 is 0 Å². The van der Waals surface area contributed by atoms with Crippen LogP contribution in [0.1, 0.15) is 19.4 Å². The molecule has 5 heteroatoms. The lowest BCUT2D eigenvalue weighted by molar-refractivity contribution is 0.458. The van der Waals surface area contributed by atoms with Crippen LogP contribution in [0, 0.1) is 0 Å². The third-order valence-corrected chi connectivity index (χ3v) is 2.89. The minimum absolute atomic E-state index is 0. The highest BCUT2D eigenvalue weighted by atomic mass is 127. The summed E-state index contributed by atoms with van der Waals surface area (Å²) in [6.07, 6.45) is 0.864. The second kappa shape index (κ2) is 9.44. The van der Waals surface area contributed by atoms with Gasteiger partial charge >= 0.3 is 0 Å². The number of guanidine groups is 1. The first-order valence-electron chi connectivity index (χ1n) is 5.96. The predicted octanol–water partition coefficient (Wildman–Crippen LogP) is 3.16. The fourth-order valence-corrected chi connectivity index (χ4v) is 1.85. The van der Waals surface area contributed by atoms with Gasteiger partial charge < -0.3 is 10.6 Å². The van der Waals surface area contributed by atoms with Crippen LogP contribution in [0.2, 0.25) is 5.02 Å². The summed E-state index contributed by atoms with van der Waals surface area (Å²) in [7, 11) is 0. The Morgan fingerprint density at radius 3 is 2.56 bits per heavy atom. The molecule has 3 nitrogen and oxygen atoms in total. The minimum atomic E-state index is 0. The lowest BCUT2D eigenvalue weighted by Gasteiger charge is -2.19. The number of nitrogens with zero attached hydrogens (tertiary/aromatic N) is 2. The summed E-state index contributed by atoms with van der Waals surface area (Å²) >= 11 is 5.91. The lowest BCUT2D eigenvalue weighted by Crippen LogP contribution is -2.37. The Hall–Kier alpha value is -0.490. The standard InChI is InChI=1S/C13H20ClN3.HI/c1-3-17(4-2)13(15)16-9-8-11-6-5-7-12(14)10-11;/h5-7,10H,3-4,8-9H2,1-2H3,(H2,15,16);1H. The second-order valence-electron chi connectivity index (χ2n) is 3.79. The average Bonchev–Trinajstić information content (AvgIpc) is 2.30. The van der Waals surface area contributed by atoms with Crippen LogP contribution in [0.3, 0.4) is 0 Å². The highest BCUT2D eigenvalue weighted by molar-refractivity contribution is 14.0. The molecule has 0 bridgehead atoms. The maximum absolute atomic E-state index is 5.91. The third kappa shape index (κ3) is 5.91. The van der Waals surface area contributed by atoms with Gasteiger partial charge in [-0.2, -0.15) is 0 Å². The molecule has 0 fully saturated rings. The molecule has 0 saturated carbocycles. The molecule has 0 aliphatic heterocycles. The van der Waals surface area contributed by atoms with Crippen molar-refractivity contribution < 1.29 is 0 Å². The van der Waals surface area contributed by atoms with E-state index in [0.29, 0.717) is 12.5 Å². The maximum atomic E-state index is 5.91. The molecule has 0 radical (unpaired) electrons. The molecule has 18 heavy (non-hydrogen) atoms. The van der Waals surface area contributed by atoms with E-state index in [-0.39, 0.29) is 24.0 Å². The first kappa shape index (κ1) is 17.5. The van der Waals surface area contributed by atoms with E-state index in [1.807, 2.05) is 23.1 Å². The molecule has 0 atom stereocenters. The fourth-order valence-electron chi connectivity index (χ4n) is 1.64. The van der Waals surface area contributed by atoms with Crippen molar-refractivity contribution in [3.05, 3.63) is 34.9 Å². The Balaban J connectivity index is 0.00000289. The molecule has 0 spiro atoms. The van der Waals surface area contributed by atoms with Crippen LogP contribution >= 0.6 is 35.6 Å². The van der Waals surface area contributed by atoms with Crippen molar-refractivity contribution in [3.8, 4) is 0 Å². The Kier molecular flexibility index (Phi) is 9.18. The average molecular weight is 382 g/mol. The van der Waals surface area contributed by atoms with Crippen LogP contribution in [0.25, 0.3) is 0 Å². The van der Waals surface area contributed by atoms with Gasteiger partial charge in [0, 0.05) is 24.7 Å². The van der Waals surface area contributed by atoms with Gasteiger partial charge in [-0.1, -0.05) is 23.7 Å². The molecule has 1 rings (SSSR count). The third-order valence-electron chi connectivity index (χ3n) is 2.65. The van der Waals surface area contributed by atoms with Crippen molar-refractivity contribution in [2.45, 2.75) is 20.3 Å². The molecular formula is C13H21ClIN3. The summed E-state index contributed by atoms with van der Waals surface area (Å²) < 4.78 is 0. The first-order chi connectivity index (χ1) is 8.17. The zero-order chi connectivity index (χ0) is 12.7. The topological polar surface area (TPSA) is 41.6 Å². The van der Waals surface area contributed by atoms with Gasteiger partial charge in [0.2, 0.25) is 0 Å². The number of halogens is 2. The van der Waals surface area contributed by atoms with E-state index in [1.165, 1.54) is 5.56 Å². The van der Waals surface area contributed by atoms with Crippen LogP contribution in [0.15, 0.2) is 29.3 Å². The van der Waals surface area contributed by atoms with Gasteiger partial charge in [0.25, 0.3) is 0 Å². The van der Waals surface area contributed by atoms with E-state index in [1.54, 1.807) is 0 Å². The number of benzene rings is 1. The summed E-state index contributed by atoms with van der Waals surface area (Å²) in [6, 6.07) is 7.84. The van der Waals surface area contributed by atoms with E-state index >= 15 is 0 Å². The van der Waals surface area contributed by atoms with Crippen molar-refractivity contribution in [2.75, 3.05) is 19.6 Å². The molecule has 0 aliphatic carbocycles. The van der Waals surface area contributed by atoms with E-state index in [0.717, 1.165) is 24.5 Å². The fraction of sp³-hybridized carbons (Fsp3) is 0.462. The van der Waals surface area contributed by atoms with Gasteiger partial charge in [-0.25, -0.2) is 0 Å². The Morgan fingerprint density at radius 1 is 1.33 bits per heavy atom. The molecule has 2 N–H and O–H groups in total. The zero-order valence-corrected chi connectivity index (χ0v) is 14.0. The van der Waals surface area contributed by atoms with Crippen molar-refractivity contribution in [3.63, 3.8) is 0 Å². The SMILES string of the molecule is CCN(CC)C(N)=NCCc1cccc(Cl)c1.I. The molecule has 1 aromatic carbocycles. The van der Waals surface area contributed by atoms with Gasteiger partial charge in [-0.05, 0) is 38.0 Å². The summed E-state index contributed by atoms with van der Waals surface area (Å²) in [4.78, 5) is 6.41. The minimum Gasteiger partial charge on any atom is -0.370 e. The molecule has 102 valence electrons. The first-order valence-corrected chi connectivity index (χ1v) is 6.34. The van der Waals surface area contributed by atoms with Crippen molar-refractivity contribution in [1.29, 1.82) is 0 Å². The van der Waals surface area contributed by atoms with Crippen LogP contribution in [0.5, 0.6) is 0 Å². The largest absolute Gasteiger partial charge is 0.370 e. The second-order valence-corrected chi connectivity index (χ2v) is 4.23. The van der Waals surface area contributed by atoms with Gasteiger partial charge in [-0.15, -0.1) is 24.0 Å². The molecule has 0 unspecified atom stereocenters.